The van der Waals surface area contributed by atoms with E-state index >= 15 is 0 Å². The molecule has 3 heteroatoms. The lowest BCUT2D eigenvalue weighted by atomic mass is 10.2. The minimum atomic E-state index is -0.122. The lowest BCUT2D eigenvalue weighted by Crippen LogP contribution is -2.11. The fourth-order valence-corrected chi connectivity index (χ4v) is 1.69. The van der Waals surface area contributed by atoms with Crippen LogP contribution >= 0.6 is 0 Å². The normalized spacial score (nSPS) is 26.0. The monoisotopic (exact) mass is 216 g/mol. The predicted molar refractivity (Wildman–Crippen MR) is 59.1 cm³/mol. The third-order valence-corrected chi connectivity index (χ3v) is 2.66. The Bertz CT molecular complexity index is 134. The molecule has 0 aromatic heterocycles. The van der Waals surface area contributed by atoms with E-state index in [1.807, 2.05) is 0 Å². The van der Waals surface area contributed by atoms with Gasteiger partial charge in [-0.1, -0.05) is 39.5 Å². The Labute approximate surface area is 93.0 Å². The van der Waals surface area contributed by atoms with Gasteiger partial charge in [0.05, 0.1) is 0 Å². The molecule has 90 valence electrons. The summed E-state index contributed by atoms with van der Waals surface area (Å²) >= 11 is 0. The minimum absolute atomic E-state index is 0.122. The highest BCUT2D eigenvalue weighted by atomic mass is 17.3. The summed E-state index contributed by atoms with van der Waals surface area (Å²) in [4.78, 5) is 10.2. The molecule has 0 N–H and O–H groups in total. The standard InChI is InChI=1S/C12H24O3/c1-3-5-7-9-11-13-12(15-14-11)10-8-6-4-2/h11-12H,3-10H2,1-2H3. The van der Waals surface area contributed by atoms with Crippen LogP contribution in [0.15, 0.2) is 0 Å². The summed E-state index contributed by atoms with van der Waals surface area (Å²) in [7, 11) is 0. The maximum absolute atomic E-state index is 5.61. The first-order chi connectivity index (χ1) is 7.36. The third kappa shape index (κ3) is 5.50. The van der Waals surface area contributed by atoms with Crippen molar-refractivity contribution in [3.8, 4) is 0 Å². The first-order valence-electron chi connectivity index (χ1n) is 6.34. The van der Waals surface area contributed by atoms with Crippen molar-refractivity contribution in [1.29, 1.82) is 0 Å². The Morgan fingerprint density at radius 2 is 1.20 bits per heavy atom. The predicted octanol–water partition coefficient (Wildman–Crippen LogP) is 3.78. The number of rotatable bonds is 8. The largest absolute Gasteiger partial charge is 0.318 e. The average Bonchev–Trinajstić information content (AvgIpc) is 2.67. The highest BCUT2D eigenvalue weighted by Gasteiger charge is 2.26. The van der Waals surface area contributed by atoms with Crippen molar-refractivity contribution in [2.24, 2.45) is 0 Å². The molecule has 0 aliphatic carbocycles. The lowest BCUT2D eigenvalue weighted by Gasteiger charge is -2.07. The molecule has 0 saturated carbocycles. The Morgan fingerprint density at radius 1 is 0.733 bits per heavy atom. The van der Waals surface area contributed by atoms with Gasteiger partial charge >= 0.3 is 0 Å². The van der Waals surface area contributed by atoms with Crippen LogP contribution in [0.2, 0.25) is 0 Å². The average molecular weight is 216 g/mol. The van der Waals surface area contributed by atoms with E-state index in [1.165, 1.54) is 25.7 Å². The molecule has 0 bridgehead atoms. The van der Waals surface area contributed by atoms with Gasteiger partial charge in [-0.2, -0.15) is 0 Å². The summed E-state index contributed by atoms with van der Waals surface area (Å²) in [5.41, 5.74) is 0. The zero-order valence-electron chi connectivity index (χ0n) is 10.0. The number of hydrogen-bond acceptors (Lipinski definition) is 3. The Balaban J connectivity index is 1.99. The zero-order chi connectivity index (χ0) is 10.9. The first kappa shape index (κ1) is 12.9. The molecule has 1 aliphatic heterocycles. The molecule has 0 spiro atoms. The summed E-state index contributed by atoms with van der Waals surface area (Å²) in [5, 5.41) is 0. The molecule has 0 aromatic rings. The highest BCUT2D eigenvalue weighted by molar-refractivity contribution is 4.53. The van der Waals surface area contributed by atoms with Crippen molar-refractivity contribution in [1.82, 2.24) is 0 Å². The van der Waals surface area contributed by atoms with Gasteiger partial charge in [-0.25, -0.2) is 9.78 Å². The van der Waals surface area contributed by atoms with Crippen LogP contribution in [0.1, 0.15) is 65.2 Å². The molecule has 1 saturated heterocycles. The fourth-order valence-electron chi connectivity index (χ4n) is 1.69. The zero-order valence-corrected chi connectivity index (χ0v) is 10.0. The lowest BCUT2D eigenvalue weighted by molar-refractivity contribution is -0.298. The second kappa shape index (κ2) is 8.08. The molecule has 0 aromatic carbocycles. The summed E-state index contributed by atoms with van der Waals surface area (Å²) in [5.74, 6) is 0. The van der Waals surface area contributed by atoms with E-state index in [-0.39, 0.29) is 12.6 Å². The topological polar surface area (TPSA) is 27.7 Å². The van der Waals surface area contributed by atoms with E-state index in [0.717, 1.165) is 25.7 Å². The summed E-state index contributed by atoms with van der Waals surface area (Å²) in [6, 6.07) is 0. The molecule has 2 atom stereocenters. The van der Waals surface area contributed by atoms with Crippen LogP contribution in [0.25, 0.3) is 0 Å². The first-order valence-corrected chi connectivity index (χ1v) is 6.34. The van der Waals surface area contributed by atoms with Crippen LogP contribution in [0.5, 0.6) is 0 Å². The SMILES string of the molecule is CCCCCC1OOC(CCCCC)O1. The second-order valence-corrected chi connectivity index (χ2v) is 4.18. The smallest absolute Gasteiger partial charge is 0.194 e. The Kier molecular flexibility index (Phi) is 6.98. The van der Waals surface area contributed by atoms with Gasteiger partial charge in [0, 0.05) is 12.8 Å². The quantitative estimate of drug-likeness (QED) is 0.456. The van der Waals surface area contributed by atoms with Crippen molar-refractivity contribution in [3.05, 3.63) is 0 Å². The molecule has 3 nitrogen and oxygen atoms in total. The van der Waals surface area contributed by atoms with Crippen molar-refractivity contribution in [3.63, 3.8) is 0 Å². The van der Waals surface area contributed by atoms with Gasteiger partial charge in [-0.3, -0.25) is 0 Å². The van der Waals surface area contributed by atoms with Gasteiger partial charge in [0.1, 0.15) is 0 Å². The van der Waals surface area contributed by atoms with Crippen molar-refractivity contribution in [2.45, 2.75) is 77.8 Å². The van der Waals surface area contributed by atoms with Gasteiger partial charge in [-0.05, 0) is 12.8 Å². The van der Waals surface area contributed by atoms with Crippen molar-refractivity contribution in [2.75, 3.05) is 0 Å². The van der Waals surface area contributed by atoms with Crippen LogP contribution < -0.4 is 0 Å². The number of unbranched alkanes of at least 4 members (excludes halogenated alkanes) is 4. The van der Waals surface area contributed by atoms with Gasteiger partial charge < -0.3 is 4.74 Å². The van der Waals surface area contributed by atoms with Gasteiger partial charge in [0.15, 0.2) is 12.6 Å². The molecule has 0 amide bonds. The fraction of sp³-hybridized carbons (Fsp3) is 1.00. The summed E-state index contributed by atoms with van der Waals surface area (Å²) in [6.45, 7) is 4.39. The summed E-state index contributed by atoms with van der Waals surface area (Å²) in [6.07, 6.45) is 8.93. The molecule has 1 heterocycles. The second-order valence-electron chi connectivity index (χ2n) is 4.18. The molecule has 1 rings (SSSR count). The van der Waals surface area contributed by atoms with Gasteiger partial charge in [-0.15, -0.1) is 0 Å². The van der Waals surface area contributed by atoms with Gasteiger partial charge in [0.2, 0.25) is 0 Å². The molecule has 1 fully saturated rings. The molecule has 1 aliphatic rings. The van der Waals surface area contributed by atoms with E-state index < -0.39 is 0 Å². The van der Waals surface area contributed by atoms with Crippen LogP contribution in [0, 0.1) is 0 Å². The van der Waals surface area contributed by atoms with E-state index in [0.29, 0.717) is 0 Å². The maximum atomic E-state index is 5.61. The van der Waals surface area contributed by atoms with E-state index in [2.05, 4.69) is 13.8 Å². The van der Waals surface area contributed by atoms with E-state index in [1.54, 1.807) is 0 Å². The third-order valence-electron chi connectivity index (χ3n) is 2.66. The Hall–Kier alpha value is -0.120. The van der Waals surface area contributed by atoms with E-state index in [4.69, 9.17) is 14.5 Å². The Morgan fingerprint density at radius 3 is 1.60 bits per heavy atom. The number of ether oxygens (including phenoxy) is 1. The molecule has 0 radical (unpaired) electrons. The van der Waals surface area contributed by atoms with E-state index in [9.17, 15) is 0 Å². The van der Waals surface area contributed by atoms with Crippen LogP contribution in [-0.2, 0) is 14.5 Å². The van der Waals surface area contributed by atoms with Crippen LogP contribution in [-0.4, -0.2) is 12.6 Å². The van der Waals surface area contributed by atoms with Gasteiger partial charge in [0.25, 0.3) is 0 Å². The molecular weight excluding hydrogens is 192 g/mol. The van der Waals surface area contributed by atoms with Crippen LogP contribution in [0.4, 0.5) is 0 Å². The van der Waals surface area contributed by atoms with Crippen molar-refractivity contribution >= 4 is 0 Å². The van der Waals surface area contributed by atoms with Crippen molar-refractivity contribution < 1.29 is 14.5 Å². The molecule has 15 heavy (non-hydrogen) atoms. The minimum Gasteiger partial charge on any atom is -0.318 e. The molecule has 2 unspecified atom stereocenters. The number of hydrogen-bond donors (Lipinski definition) is 0. The maximum Gasteiger partial charge on any atom is 0.194 e. The highest BCUT2D eigenvalue weighted by Crippen LogP contribution is 2.22. The molecular formula is C12H24O3. The summed E-state index contributed by atoms with van der Waals surface area (Å²) < 4.78 is 5.61. The van der Waals surface area contributed by atoms with Crippen LogP contribution in [0.3, 0.4) is 0 Å².